The van der Waals surface area contributed by atoms with Crippen LogP contribution in [-0.2, 0) is 11.3 Å². The van der Waals surface area contributed by atoms with Crippen LogP contribution in [0.5, 0.6) is 0 Å². The van der Waals surface area contributed by atoms with Crippen LogP contribution in [0.1, 0.15) is 0 Å². The van der Waals surface area contributed by atoms with Gasteiger partial charge in [-0.15, -0.1) is 11.8 Å². The van der Waals surface area contributed by atoms with Crippen molar-refractivity contribution in [3.05, 3.63) is 46.8 Å². The molecule has 25 heavy (non-hydrogen) atoms. The third-order valence-electron chi connectivity index (χ3n) is 3.83. The summed E-state index contributed by atoms with van der Waals surface area (Å²) in [6.45, 7) is 1.71. The zero-order chi connectivity index (χ0) is 17.6. The molecule has 1 aliphatic heterocycles. The number of nitrogens with one attached hydrogen (secondary N) is 1. The number of carbonyl (C=O) groups excluding carboxylic acids is 1. The first-order chi connectivity index (χ1) is 12.2. The van der Waals surface area contributed by atoms with E-state index in [4.69, 9.17) is 0 Å². The van der Waals surface area contributed by atoms with E-state index in [-0.39, 0.29) is 18.0 Å². The highest BCUT2D eigenvalue weighted by Crippen LogP contribution is 2.19. The molecular weight excluding hydrogens is 356 g/mol. The van der Waals surface area contributed by atoms with E-state index in [9.17, 15) is 9.59 Å². The zero-order valence-corrected chi connectivity index (χ0v) is 15.6. The second-order valence-electron chi connectivity index (χ2n) is 5.57. The van der Waals surface area contributed by atoms with E-state index in [0.717, 1.165) is 35.3 Å². The third kappa shape index (κ3) is 4.79. The zero-order valence-electron chi connectivity index (χ0n) is 14.0. The molecule has 0 unspecified atom stereocenters. The standard InChI is InChI=1S/C17H20N4O2S2/c1-24-14-4-2-3-13(11-14)18-16(22)12-21-17(23)6-5-15(19-21)20-7-9-25-10-8-20/h2-6,11H,7-10,12H2,1H3,(H,18,22). The summed E-state index contributed by atoms with van der Waals surface area (Å²) >= 11 is 3.52. The fourth-order valence-electron chi connectivity index (χ4n) is 2.55. The van der Waals surface area contributed by atoms with Crippen LogP contribution in [0.4, 0.5) is 11.5 Å². The molecule has 1 N–H and O–H groups in total. The quantitative estimate of drug-likeness (QED) is 0.807. The molecule has 0 atom stereocenters. The lowest BCUT2D eigenvalue weighted by atomic mass is 10.3. The Morgan fingerprint density at radius 2 is 2.08 bits per heavy atom. The van der Waals surface area contributed by atoms with E-state index in [2.05, 4.69) is 15.3 Å². The van der Waals surface area contributed by atoms with E-state index in [1.54, 1.807) is 17.8 Å². The highest BCUT2D eigenvalue weighted by molar-refractivity contribution is 7.99. The molecule has 0 spiro atoms. The van der Waals surface area contributed by atoms with Gasteiger partial charge < -0.3 is 10.2 Å². The molecule has 3 rings (SSSR count). The summed E-state index contributed by atoms with van der Waals surface area (Å²) in [4.78, 5) is 27.5. The van der Waals surface area contributed by atoms with Crippen LogP contribution >= 0.6 is 23.5 Å². The lowest BCUT2D eigenvalue weighted by molar-refractivity contribution is -0.117. The molecule has 1 saturated heterocycles. The first-order valence-electron chi connectivity index (χ1n) is 8.00. The fourth-order valence-corrected chi connectivity index (χ4v) is 3.91. The Kier molecular flexibility index (Phi) is 6.04. The average molecular weight is 377 g/mol. The van der Waals surface area contributed by atoms with Crippen molar-refractivity contribution in [3.63, 3.8) is 0 Å². The second kappa shape index (κ2) is 8.44. The van der Waals surface area contributed by atoms with Gasteiger partial charge in [-0.05, 0) is 30.5 Å². The highest BCUT2D eigenvalue weighted by Gasteiger charge is 2.14. The van der Waals surface area contributed by atoms with Gasteiger partial charge in [-0.2, -0.15) is 16.9 Å². The Morgan fingerprint density at radius 3 is 2.84 bits per heavy atom. The molecule has 1 aromatic heterocycles. The maximum absolute atomic E-state index is 12.3. The second-order valence-corrected chi connectivity index (χ2v) is 7.67. The van der Waals surface area contributed by atoms with E-state index < -0.39 is 0 Å². The molecule has 1 aliphatic rings. The molecule has 0 bridgehead atoms. The number of nitrogens with zero attached hydrogens (tertiary/aromatic N) is 3. The minimum atomic E-state index is -0.275. The molecule has 2 heterocycles. The van der Waals surface area contributed by atoms with E-state index in [0.29, 0.717) is 5.69 Å². The van der Waals surface area contributed by atoms with Gasteiger partial charge in [0.1, 0.15) is 12.4 Å². The van der Waals surface area contributed by atoms with Crippen molar-refractivity contribution in [3.8, 4) is 0 Å². The number of aromatic nitrogens is 2. The average Bonchev–Trinajstić information content (AvgIpc) is 2.64. The number of hydrogen-bond donors (Lipinski definition) is 1. The molecule has 8 heteroatoms. The van der Waals surface area contributed by atoms with Crippen molar-refractivity contribution >= 4 is 40.9 Å². The molecule has 1 fully saturated rings. The maximum atomic E-state index is 12.3. The topological polar surface area (TPSA) is 67.2 Å². The van der Waals surface area contributed by atoms with Crippen molar-refractivity contribution < 1.29 is 4.79 Å². The molecule has 6 nitrogen and oxygen atoms in total. The number of amides is 1. The van der Waals surface area contributed by atoms with Gasteiger partial charge in [0, 0.05) is 41.2 Å². The summed E-state index contributed by atoms with van der Waals surface area (Å²) < 4.78 is 1.23. The van der Waals surface area contributed by atoms with Gasteiger partial charge in [-0.1, -0.05) is 6.07 Å². The van der Waals surface area contributed by atoms with Crippen LogP contribution in [0.25, 0.3) is 0 Å². The summed E-state index contributed by atoms with van der Waals surface area (Å²) in [6.07, 6.45) is 1.98. The summed E-state index contributed by atoms with van der Waals surface area (Å²) in [5.41, 5.74) is 0.442. The summed E-state index contributed by atoms with van der Waals surface area (Å²) in [6, 6.07) is 10.8. The van der Waals surface area contributed by atoms with Crippen LogP contribution in [0.15, 0.2) is 46.1 Å². The predicted molar refractivity (Wildman–Crippen MR) is 105 cm³/mol. The maximum Gasteiger partial charge on any atom is 0.267 e. The van der Waals surface area contributed by atoms with Crippen molar-refractivity contribution in [1.82, 2.24) is 9.78 Å². The summed E-state index contributed by atoms with van der Waals surface area (Å²) in [7, 11) is 0. The van der Waals surface area contributed by atoms with E-state index in [1.165, 1.54) is 10.7 Å². The highest BCUT2D eigenvalue weighted by atomic mass is 32.2. The number of hydrogen-bond acceptors (Lipinski definition) is 6. The number of carbonyl (C=O) groups is 1. The molecular formula is C17H20N4O2S2. The molecule has 1 amide bonds. The fraction of sp³-hybridized carbons (Fsp3) is 0.353. The van der Waals surface area contributed by atoms with E-state index in [1.807, 2.05) is 42.3 Å². The number of rotatable bonds is 5. The molecule has 2 aromatic rings. The summed E-state index contributed by atoms with van der Waals surface area (Å²) in [5, 5.41) is 7.19. The van der Waals surface area contributed by atoms with Gasteiger partial charge in [0.25, 0.3) is 5.56 Å². The largest absolute Gasteiger partial charge is 0.354 e. The van der Waals surface area contributed by atoms with Crippen LogP contribution < -0.4 is 15.8 Å². The minimum Gasteiger partial charge on any atom is -0.354 e. The van der Waals surface area contributed by atoms with E-state index >= 15 is 0 Å². The van der Waals surface area contributed by atoms with Crippen LogP contribution in [0, 0.1) is 0 Å². The first kappa shape index (κ1) is 17.9. The van der Waals surface area contributed by atoms with Crippen LogP contribution in [0.2, 0.25) is 0 Å². The molecule has 132 valence electrons. The lowest BCUT2D eigenvalue weighted by Crippen LogP contribution is -2.36. The normalized spacial score (nSPS) is 14.4. The lowest BCUT2D eigenvalue weighted by Gasteiger charge is -2.27. The Balaban J connectivity index is 1.70. The van der Waals surface area contributed by atoms with Gasteiger partial charge in [0.15, 0.2) is 0 Å². The number of benzene rings is 1. The Hall–Kier alpha value is -1.93. The number of thioether (sulfide) groups is 2. The molecule has 1 aromatic carbocycles. The monoisotopic (exact) mass is 376 g/mol. The van der Waals surface area contributed by atoms with Gasteiger partial charge in [-0.3, -0.25) is 9.59 Å². The Labute approximate surface area is 155 Å². The third-order valence-corrected chi connectivity index (χ3v) is 5.50. The molecule has 0 aliphatic carbocycles. The Bertz CT molecular complexity index is 803. The van der Waals surface area contributed by atoms with Gasteiger partial charge in [0.2, 0.25) is 5.91 Å². The Morgan fingerprint density at radius 1 is 1.28 bits per heavy atom. The van der Waals surface area contributed by atoms with Gasteiger partial charge >= 0.3 is 0 Å². The van der Waals surface area contributed by atoms with Crippen molar-refractivity contribution in [2.75, 3.05) is 41.1 Å². The molecule has 0 radical (unpaired) electrons. The van der Waals surface area contributed by atoms with Crippen molar-refractivity contribution in [2.45, 2.75) is 11.4 Å². The summed E-state index contributed by atoms with van der Waals surface area (Å²) in [5.74, 6) is 2.58. The minimum absolute atomic E-state index is 0.0985. The first-order valence-corrected chi connectivity index (χ1v) is 10.4. The van der Waals surface area contributed by atoms with Gasteiger partial charge in [0.05, 0.1) is 0 Å². The SMILES string of the molecule is CSc1cccc(NC(=O)Cn2nc(N3CCSCC3)ccc2=O)c1. The van der Waals surface area contributed by atoms with Crippen molar-refractivity contribution in [1.29, 1.82) is 0 Å². The van der Waals surface area contributed by atoms with Crippen molar-refractivity contribution in [2.24, 2.45) is 0 Å². The predicted octanol–water partition coefficient (Wildman–Crippen LogP) is 2.16. The van der Waals surface area contributed by atoms with Crippen LogP contribution in [-0.4, -0.2) is 46.5 Å². The van der Waals surface area contributed by atoms with Gasteiger partial charge in [-0.25, -0.2) is 4.68 Å². The van der Waals surface area contributed by atoms with Crippen LogP contribution in [0.3, 0.4) is 0 Å². The smallest absolute Gasteiger partial charge is 0.267 e. The number of anilines is 2. The molecule has 0 saturated carbocycles.